The zero-order valence-corrected chi connectivity index (χ0v) is 10.5. The number of anilines is 2. The Morgan fingerprint density at radius 1 is 0.895 bits per heavy atom. The lowest BCUT2D eigenvalue weighted by atomic mass is 10.2. The minimum atomic E-state index is 0.564. The van der Waals surface area contributed by atoms with Gasteiger partial charge in [-0.1, -0.05) is 30.3 Å². The fraction of sp³-hybridized carbons (Fsp3) is 0.0625. The van der Waals surface area contributed by atoms with E-state index in [0.717, 1.165) is 28.0 Å². The highest BCUT2D eigenvalue weighted by atomic mass is 15.0. The van der Waals surface area contributed by atoms with Gasteiger partial charge in [-0.2, -0.15) is 0 Å². The Morgan fingerprint density at radius 3 is 2.47 bits per heavy atom. The van der Waals surface area contributed by atoms with E-state index in [4.69, 9.17) is 5.73 Å². The Bertz CT molecular complexity index is 690. The molecule has 0 aliphatic carbocycles. The monoisotopic (exact) mass is 249 g/mol. The number of pyridine rings is 1. The third kappa shape index (κ3) is 2.56. The van der Waals surface area contributed by atoms with Gasteiger partial charge in [0, 0.05) is 17.6 Å². The maximum atomic E-state index is 5.58. The van der Waals surface area contributed by atoms with Crippen LogP contribution < -0.4 is 11.1 Å². The third-order valence-electron chi connectivity index (χ3n) is 3.06. The number of rotatable bonds is 3. The van der Waals surface area contributed by atoms with Crippen molar-refractivity contribution in [3.63, 3.8) is 0 Å². The third-order valence-corrected chi connectivity index (χ3v) is 3.06. The quantitative estimate of drug-likeness (QED) is 0.747. The van der Waals surface area contributed by atoms with Crippen LogP contribution in [0.2, 0.25) is 0 Å². The molecule has 94 valence electrons. The predicted molar refractivity (Wildman–Crippen MR) is 79.4 cm³/mol. The first-order valence-electron chi connectivity index (χ1n) is 6.27. The summed E-state index contributed by atoms with van der Waals surface area (Å²) < 4.78 is 0. The van der Waals surface area contributed by atoms with Crippen molar-refractivity contribution in [1.29, 1.82) is 0 Å². The summed E-state index contributed by atoms with van der Waals surface area (Å²) in [7, 11) is 0. The molecule has 3 N–H and O–H groups in total. The molecule has 0 saturated heterocycles. The summed E-state index contributed by atoms with van der Waals surface area (Å²) in [6.45, 7) is 0.564. The summed E-state index contributed by atoms with van der Waals surface area (Å²) in [5.74, 6) is 0.846. The van der Waals surface area contributed by atoms with Gasteiger partial charge in [-0.3, -0.25) is 0 Å². The molecular formula is C16H15N3. The Kier molecular flexibility index (Phi) is 3.12. The molecule has 0 amide bonds. The molecule has 0 unspecified atom stereocenters. The minimum absolute atomic E-state index is 0.564. The highest BCUT2D eigenvalue weighted by Gasteiger charge is 1.98. The molecule has 3 aromatic rings. The maximum Gasteiger partial charge on any atom is 0.131 e. The van der Waals surface area contributed by atoms with E-state index < -0.39 is 0 Å². The van der Waals surface area contributed by atoms with E-state index in [1.165, 1.54) is 0 Å². The first kappa shape index (κ1) is 11.7. The zero-order valence-electron chi connectivity index (χ0n) is 10.5. The number of fused-ring (bicyclic) bond motifs is 1. The van der Waals surface area contributed by atoms with Crippen molar-refractivity contribution in [2.45, 2.75) is 6.54 Å². The molecule has 0 saturated carbocycles. The van der Waals surface area contributed by atoms with Gasteiger partial charge < -0.3 is 11.1 Å². The van der Waals surface area contributed by atoms with Crippen LogP contribution in [0, 0.1) is 0 Å². The SMILES string of the molecule is NCc1ccc(Nc2ccc3ccccc3n2)cc1. The number of nitrogens with zero attached hydrogens (tertiary/aromatic N) is 1. The molecule has 1 heterocycles. The number of hydrogen-bond acceptors (Lipinski definition) is 3. The molecule has 3 nitrogen and oxygen atoms in total. The van der Waals surface area contributed by atoms with Crippen molar-refractivity contribution >= 4 is 22.4 Å². The van der Waals surface area contributed by atoms with Crippen molar-refractivity contribution < 1.29 is 0 Å². The Balaban J connectivity index is 1.87. The summed E-state index contributed by atoms with van der Waals surface area (Å²) in [6, 6.07) is 20.2. The van der Waals surface area contributed by atoms with Gasteiger partial charge in [0.1, 0.15) is 5.82 Å². The second-order valence-electron chi connectivity index (χ2n) is 4.42. The van der Waals surface area contributed by atoms with Gasteiger partial charge in [0.25, 0.3) is 0 Å². The molecule has 3 rings (SSSR count). The molecule has 0 bridgehead atoms. The Labute approximate surface area is 112 Å². The summed E-state index contributed by atoms with van der Waals surface area (Å²) in [5.41, 5.74) is 8.71. The minimum Gasteiger partial charge on any atom is -0.340 e. The second kappa shape index (κ2) is 5.08. The molecule has 3 heteroatoms. The molecule has 0 atom stereocenters. The van der Waals surface area contributed by atoms with Crippen LogP contribution in [0.5, 0.6) is 0 Å². The topological polar surface area (TPSA) is 50.9 Å². The highest BCUT2D eigenvalue weighted by Crippen LogP contribution is 2.19. The number of nitrogens with one attached hydrogen (secondary N) is 1. The Morgan fingerprint density at radius 2 is 1.68 bits per heavy atom. The van der Waals surface area contributed by atoms with Crippen LogP contribution in [-0.4, -0.2) is 4.98 Å². The van der Waals surface area contributed by atoms with Crippen molar-refractivity contribution in [2.24, 2.45) is 5.73 Å². The van der Waals surface area contributed by atoms with E-state index in [2.05, 4.69) is 22.4 Å². The van der Waals surface area contributed by atoms with Crippen LogP contribution in [0.25, 0.3) is 10.9 Å². The van der Waals surface area contributed by atoms with E-state index >= 15 is 0 Å². The van der Waals surface area contributed by atoms with Gasteiger partial charge in [0.05, 0.1) is 5.52 Å². The molecule has 0 aliphatic heterocycles. The van der Waals surface area contributed by atoms with Gasteiger partial charge >= 0.3 is 0 Å². The lowest BCUT2D eigenvalue weighted by Gasteiger charge is -2.07. The average molecular weight is 249 g/mol. The number of benzene rings is 2. The molecule has 0 aliphatic rings. The summed E-state index contributed by atoms with van der Waals surface area (Å²) in [6.07, 6.45) is 0. The van der Waals surface area contributed by atoms with Crippen LogP contribution in [0.4, 0.5) is 11.5 Å². The van der Waals surface area contributed by atoms with E-state index in [1.54, 1.807) is 0 Å². The molecule has 2 aromatic carbocycles. The second-order valence-corrected chi connectivity index (χ2v) is 4.42. The van der Waals surface area contributed by atoms with Gasteiger partial charge in [-0.05, 0) is 35.9 Å². The molecule has 0 radical (unpaired) electrons. The predicted octanol–water partition coefficient (Wildman–Crippen LogP) is 3.44. The van der Waals surface area contributed by atoms with Gasteiger partial charge in [-0.25, -0.2) is 4.98 Å². The first-order chi connectivity index (χ1) is 9.35. The maximum absolute atomic E-state index is 5.58. The van der Waals surface area contributed by atoms with Gasteiger partial charge in [-0.15, -0.1) is 0 Å². The van der Waals surface area contributed by atoms with Gasteiger partial charge in [0.2, 0.25) is 0 Å². The van der Waals surface area contributed by atoms with Crippen molar-refractivity contribution in [1.82, 2.24) is 4.98 Å². The molecule has 19 heavy (non-hydrogen) atoms. The van der Waals surface area contributed by atoms with Crippen LogP contribution >= 0.6 is 0 Å². The number of nitrogens with two attached hydrogens (primary N) is 1. The summed E-state index contributed by atoms with van der Waals surface area (Å²) in [5, 5.41) is 4.44. The standard InChI is InChI=1S/C16H15N3/c17-11-12-5-8-14(9-6-12)18-16-10-7-13-3-1-2-4-15(13)19-16/h1-10H,11,17H2,(H,18,19). The summed E-state index contributed by atoms with van der Waals surface area (Å²) >= 11 is 0. The summed E-state index contributed by atoms with van der Waals surface area (Å²) in [4.78, 5) is 4.58. The lowest BCUT2D eigenvalue weighted by Crippen LogP contribution is -1.97. The molecule has 0 spiro atoms. The zero-order chi connectivity index (χ0) is 13.1. The number of aromatic nitrogens is 1. The van der Waals surface area contributed by atoms with Crippen molar-refractivity contribution in [3.05, 3.63) is 66.2 Å². The van der Waals surface area contributed by atoms with Gasteiger partial charge in [0.15, 0.2) is 0 Å². The van der Waals surface area contributed by atoms with Crippen LogP contribution in [-0.2, 0) is 6.54 Å². The van der Waals surface area contributed by atoms with E-state index in [9.17, 15) is 0 Å². The van der Waals surface area contributed by atoms with E-state index in [0.29, 0.717) is 6.54 Å². The normalized spacial score (nSPS) is 10.6. The van der Waals surface area contributed by atoms with E-state index in [-0.39, 0.29) is 0 Å². The van der Waals surface area contributed by atoms with Crippen LogP contribution in [0.15, 0.2) is 60.7 Å². The molecule has 0 fully saturated rings. The first-order valence-corrected chi connectivity index (χ1v) is 6.27. The largest absolute Gasteiger partial charge is 0.340 e. The average Bonchev–Trinajstić information content (AvgIpc) is 2.48. The number of para-hydroxylation sites is 1. The molecule has 1 aromatic heterocycles. The van der Waals surface area contributed by atoms with Crippen molar-refractivity contribution in [2.75, 3.05) is 5.32 Å². The number of hydrogen-bond donors (Lipinski definition) is 2. The fourth-order valence-electron chi connectivity index (χ4n) is 2.01. The lowest BCUT2D eigenvalue weighted by molar-refractivity contribution is 1.07. The van der Waals surface area contributed by atoms with Crippen LogP contribution in [0.3, 0.4) is 0 Å². The van der Waals surface area contributed by atoms with E-state index in [1.807, 2.05) is 48.5 Å². The highest BCUT2D eigenvalue weighted by molar-refractivity contribution is 5.80. The molecular weight excluding hydrogens is 234 g/mol. The van der Waals surface area contributed by atoms with Crippen LogP contribution in [0.1, 0.15) is 5.56 Å². The fourth-order valence-corrected chi connectivity index (χ4v) is 2.01. The smallest absolute Gasteiger partial charge is 0.131 e. The van der Waals surface area contributed by atoms with Crippen molar-refractivity contribution in [3.8, 4) is 0 Å². The Hall–Kier alpha value is -2.39.